The predicted octanol–water partition coefficient (Wildman–Crippen LogP) is 1.82. The minimum absolute atomic E-state index is 0.155. The number of carbonyl (C=O) groups is 1. The number of benzene rings is 1. The van der Waals surface area contributed by atoms with Crippen LogP contribution < -0.4 is 15.9 Å². The van der Waals surface area contributed by atoms with Crippen molar-refractivity contribution in [2.45, 2.75) is 31.2 Å². The van der Waals surface area contributed by atoms with Gasteiger partial charge in [-0.2, -0.15) is 0 Å². The van der Waals surface area contributed by atoms with E-state index in [1.165, 1.54) is 16.4 Å². The highest BCUT2D eigenvalue weighted by atomic mass is 32.2. The summed E-state index contributed by atoms with van der Waals surface area (Å²) in [4.78, 5) is 12.3. The summed E-state index contributed by atoms with van der Waals surface area (Å²) in [5.41, 5.74) is 0.646. The fourth-order valence-corrected chi connectivity index (χ4v) is 2.54. The number of nitrogens with one attached hydrogen (secondary N) is 1. The lowest BCUT2D eigenvalue weighted by atomic mass is 10.3. The zero-order valence-electron chi connectivity index (χ0n) is 12.7. The summed E-state index contributed by atoms with van der Waals surface area (Å²) in [7, 11) is 0. The van der Waals surface area contributed by atoms with E-state index in [9.17, 15) is 4.79 Å². The zero-order valence-corrected chi connectivity index (χ0v) is 13.6. The number of ether oxygens (including phenoxy) is 1. The Morgan fingerprint density at radius 3 is 2.82 bits per heavy atom. The Balaban J connectivity index is 2.04. The molecule has 118 valence electrons. The monoisotopic (exact) mass is 321 g/mol. The molecule has 0 saturated carbocycles. The molecule has 22 heavy (non-hydrogen) atoms. The summed E-state index contributed by atoms with van der Waals surface area (Å²) in [6.45, 7) is 5.97. The van der Waals surface area contributed by atoms with Gasteiger partial charge in [0.25, 0.3) is 0 Å². The van der Waals surface area contributed by atoms with E-state index < -0.39 is 0 Å². The molecule has 1 amide bonds. The lowest BCUT2D eigenvalue weighted by Crippen LogP contribution is -2.24. The van der Waals surface area contributed by atoms with Crippen LogP contribution in [0.2, 0.25) is 0 Å². The number of thioether (sulfide) groups is 1. The summed E-state index contributed by atoms with van der Waals surface area (Å²) >= 11 is 1.25. The molecule has 1 atom stereocenters. The Labute approximate surface area is 133 Å². The molecule has 0 fully saturated rings. The maximum absolute atomic E-state index is 12.3. The van der Waals surface area contributed by atoms with Gasteiger partial charge in [0.1, 0.15) is 11.6 Å². The van der Waals surface area contributed by atoms with Gasteiger partial charge in [0.2, 0.25) is 11.1 Å². The van der Waals surface area contributed by atoms with Crippen LogP contribution in [0.25, 0.3) is 0 Å². The molecule has 0 aliphatic rings. The highest BCUT2D eigenvalue weighted by Gasteiger charge is 2.19. The largest absolute Gasteiger partial charge is 0.492 e. The minimum Gasteiger partial charge on any atom is -0.492 e. The Bertz CT molecular complexity index is 658. The van der Waals surface area contributed by atoms with Crippen molar-refractivity contribution in [1.29, 1.82) is 0 Å². The quantitative estimate of drug-likeness (QED) is 0.622. The second kappa shape index (κ2) is 7.17. The molecule has 7 nitrogen and oxygen atoms in total. The first-order chi connectivity index (χ1) is 10.5. The van der Waals surface area contributed by atoms with E-state index in [1.54, 1.807) is 19.9 Å². The average Bonchev–Trinajstić information content (AvgIpc) is 2.81. The molecular weight excluding hydrogens is 302 g/mol. The van der Waals surface area contributed by atoms with Crippen LogP contribution in [0.5, 0.6) is 5.75 Å². The lowest BCUT2D eigenvalue weighted by Gasteiger charge is -2.14. The number of hydrogen-bond donors (Lipinski definition) is 2. The number of nitrogens with zero attached hydrogens (tertiary/aromatic N) is 3. The van der Waals surface area contributed by atoms with Gasteiger partial charge in [-0.1, -0.05) is 23.9 Å². The molecule has 2 rings (SSSR count). The summed E-state index contributed by atoms with van der Waals surface area (Å²) in [6.07, 6.45) is 0. The maximum atomic E-state index is 12.3. The SMILES string of the molecule is CCOc1ccccc1NC(=O)[C@H](C)Sc1nnc(C)n1N. The van der Waals surface area contributed by atoms with Crippen molar-refractivity contribution in [2.24, 2.45) is 0 Å². The highest BCUT2D eigenvalue weighted by Crippen LogP contribution is 2.26. The number of nitrogens with two attached hydrogens (primary N) is 1. The first-order valence-electron chi connectivity index (χ1n) is 6.89. The number of aryl methyl sites for hydroxylation is 1. The fraction of sp³-hybridized carbons (Fsp3) is 0.357. The van der Waals surface area contributed by atoms with E-state index in [2.05, 4.69) is 15.5 Å². The van der Waals surface area contributed by atoms with Gasteiger partial charge >= 0.3 is 0 Å². The van der Waals surface area contributed by atoms with E-state index in [0.29, 0.717) is 29.0 Å². The van der Waals surface area contributed by atoms with Crippen LogP contribution in [0, 0.1) is 6.92 Å². The molecule has 1 aromatic heterocycles. The normalized spacial score (nSPS) is 12.0. The summed E-state index contributed by atoms with van der Waals surface area (Å²) in [6, 6.07) is 7.32. The van der Waals surface area contributed by atoms with Crippen LogP contribution in [-0.4, -0.2) is 32.6 Å². The third-order valence-electron chi connectivity index (χ3n) is 2.93. The van der Waals surface area contributed by atoms with Crippen LogP contribution in [0.4, 0.5) is 5.69 Å². The topological polar surface area (TPSA) is 95.1 Å². The number of carbonyl (C=O) groups excluding carboxylic acids is 1. The van der Waals surface area contributed by atoms with E-state index >= 15 is 0 Å². The predicted molar refractivity (Wildman–Crippen MR) is 86.5 cm³/mol. The van der Waals surface area contributed by atoms with Crippen molar-refractivity contribution in [3.8, 4) is 5.75 Å². The molecule has 0 aliphatic carbocycles. The first kappa shape index (κ1) is 16.2. The van der Waals surface area contributed by atoms with E-state index in [0.717, 1.165) is 0 Å². The molecule has 1 heterocycles. The molecule has 0 spiro atoms. The van der Waals surface area contributed by atoms with Crippen LogP contribution in [0.3, 0.4) is 0 Å². The fourth-order valence-electron chi connectivity index (χ4n) is 1.73. The van der Waals surface area contributed by atoms with Crippen LogP contribution in [0.15, 0.2) is 29.4 Å². The van der Waals surface area contributed by atoms with Crippen molar-refractivity contribution in [2.75, 3.05) is 17.8 Å². The standard InChI is InChI=1S/C14H19N5O2S/c1-4-21-12-8-6-5-7-11(12)16-13(20)9(2)22-14-18-17-10(3)19(14)15/h5-9H,4,15H2,1-3H3,(H,16,20)/t9-/m0/s1. The molecule has 0 bridgehead atoms. The molecule has 8 heteroatoms. The molecule has 2 aromatic rings. The molecular formula is C14H19N5O2S. The molecule has 1 aromatic carbocycles. The highest BCUT2D eigenvalue weighted by molar-refractivity contribution is 8.00. The minimum atomic E-state index is -0.374. The maximum Gasteiger partial charge on any atom is 0.237 e. The van der Waals surface area contributed by atoms with Gasteiger partial charge in [-0.3, -0.25) is 4.79 Å². The van der Waals surface area contributed by atoms with Gasteiger partial charge in [-0.25, -0.2) is 4.68 Å². The van der Waals surface area contributed by atoms with Gasteiger partial charge in [0.15, 0.2) is 0 Å². The second-order valence-electron chi connectivity index (χ2n) is 4.58. The van der Waals surface area contributed by atoms with Crippen LogP contribution in [0.1, 0.15) is 19.7 Å². The second-order valence-corrected chi connectivity index (χ2v) is 5.89. The number of hydrogen-bond acceptors (Lipinski definition) is 6. The third-order valence-corrected chi connectivity index (χ3v) is 3.99. The zero-order chi connectivity index (χ0) is 16.1. The average molecular weight is 321 g/mol. The number of aromatic nitrogens is 3. The lowest BCUT2D eigenvalue weighted by molar-refractivity contribution is -0.115. The first-order valence-corrected chi connectivity index (χ1v) is 7.77. The Hall–Kier alpha value is -2.22. The van der Waals surface area contributed by atoms with Crippen LogP contribution >= 0.6 is 11.8 Å². The number of para-hydroxylation sites is 2. The molecule has 3 N–H and O–H groups in total. The van der Waals surface area contributed by atoms with Gasteiger partial charge in [-0.05, 0) is 32.9 Å². The summed E-state index contributed by atoms with van der Waals surface area (Å²) in [5.74, 6) is 6.87. The van der Waals surface area contributed by atoms with Crippen molar-refractivity contribution < 1.29 is 9.53 Å². The number of amides is 1. The Morgan fingerprint density at radius 1 is 1.45 bits per heavy atom. The van der Waals surface area contributed by atoms with E-state index in [1.807, 2.05) is 25.1 Å². The summed E-state index contributed by atoms with van der Waals surface area (Å²) in [5, 5.41) is 10.8. The Morgan fingerprint density at radius 2 is 2.18 bits per heavy atom. The van der Waals surface area contributed by atoms with Gasteiger partial charge in [0.05, 0.1) is 17.5 Å². The van der Waals surface area contributed by atoms with Crippen molar-refractivity contribution in [1.82, 2.24) is 14.9 Å². The van der Waals surface area contributed by atoms with Crippen molar-refractivity contribution in [3.05, 3.63) is 30.1 Å². The van der Waals surface area contributed by atoms with Gasteiger partial charge < -0.3 is 15.9 Å². The van der Waals surface area contributed by atoms with Crippen molar-refractivity contribution in [3.63, 3.8) is 0 Å². The van der Waals surface area contributed by atoms with Gasteiger partial charge in [0, 0.05) is 0 Å². The van der Waals surface area contributed by atoms with E-state index in [-0.39, 0.29) is 11.2 Å². The smallest absolute Gasteiger partial charge is 0.237 e. The number of rotatable bonds is 6. The van der Waals surface area contributed by atoms with Crippen LogP contribution in [-0.2, 0) is 4.79 Å². The number of nitrogen functional groups attached to an aromatic ring is 1. The van der Waals surface area contributed by atoms with E-state index in [4.69, 9.17) is 10.6 Å². The Kier molecular flexibility index (Phi) is 5.26. The molecule has 0 radical (unpaired) electrons. The molecule has 0 saturated heterocycles. The summed E-state index contributed by atoms with van der Waals surface area (Å²) < 4.78 is 6.85. The van der Waals surface area contributed by atoms with Gasteiger partial charge in [-0.15, -0.1) is 10.2 Å². The number of anilines is 1. The molecule has 0 aliphatic heterocycles. The third kappa shape index (κ3) is 3.70. The molecule has 0 unspecified atom stereocenters. The van der Waals surface area contributed by atoms with Crippen molar-refractivity contribution >= 4 is 23.4 Å².